The molecule has 1 saturated heterocycles. The first-order valence-corrected chi connectivity index (χ1v) is 13.5. The Morgan fingerprint density at radius 3 is 2.58 bits per heavy atom. The quantitative estimate of drug-likeness (QED) is 0.0991. The first kappa shape index (κ1) is 30.4. The second-order valence-corrected chi connectivity index (χ2v) is 10.4. The average Bonchev–Trinajstić information content (AvgIpc) is 3.55. The summed E-state index contributed by atoms with van der Waals surface area (Å²) in [4.78, 5) is 60.0. The fourth-order valence-electron chi connectivity index (χ4n) is 4.94. The molecule has 13 nitrogen and oxygen atoms in total. The molecular formula is C27H40N8O5. The maximum absolute atomic E-state index is 13.7. The maximum atomic E-state index is 13.7. The van der Waals surface area contributed by atoms with Crippen LogP contribution in [0.4, 0.5) is 0 Å². The average molecular weight is 557 g/mol. The zero-order chi connectivity index (χ0) is 29.4. The Morgan fingerprint density at radius 2 is 1.90 bits per heavy atom. The number of aliphatic carboxylic acids is 1. The largest absolute Gasteiger partial charge is 0.480 e. The van der Waals surface area contributed by atoms with Crippen LogP contribution in [0.5, 0.6) is 0 Å². The normalized spacial score (nSPS) is 17.3. The molecule has 3 amide bonds. The maximum Gasteiger partial charge on any atom is 0.326 e. The highest BCUT2D eigenvalue weighted by molar-refractivity contribution is 5.95. The summed E-state index contributed by atoms with van der Waals surface area (Å²) < 4.78 is 0. The molecule has 0 spiro atoms. The molecule has 40 heavy (non-hydrogen) atoms. The molecule has 1 aromatic carbocycles. The molecule has 13 heteroatoms. The number of carboxylic acids is 1. The number of nitrogens with zero attached hydrogens (tertiary/aromatic N) is 2. The predicted octanol–water partition coefficient (Wildman–Crippen LogP) is -0.207. The molecule has 3 rings (SSSR count). The lowest BCUT2D eigenvalue weighted by atomic mass is 10.0. The number of fused-ring (bicyclic) bond motifs is 1. The molecule has 2 heterocycles. The van der Waals surface area contributed by atoms with E-state index in [1.807, 2.05) is 30.5 Å². The Morgan fingerprint density at radius 1 is 1.18 bits per heavy atom. The van der Waals surface area contributed by atoms with Gasteiger partial charge in [-0.2, -0.15) is 0 Å². The highest BCUT2D eigenvalue weighted by Crippen LogP contribution is 2.21. The minimum absolute atomic E-state index is 0.0814. The molecule has 218 valence electrons. The lowest BCUT2D eigenvalue weighted by Crippen LogP contribution is -2.57. The number of nitrogens with one attached hydrogen (secondary N) is 3. The standard InChI is InChI=1S/C27H40N8O5/c1-15(2)22(26(39)40)34-24(37)21-10-6-12-35(21)25(38)20(9-5-11-31-27(29)30)33-23(36)18(28)13-16-14-32-19-8-4-3-7-17(16)19/h3-4,7-8,14-15,18,20-22,32H,5-6,9-13,28H2,1-2H3,(H,33,36)(H,34,37)(H,39,40)(H4,29,30,31). The van der Waals surface area contributed by atoms with E-state index in [0.717, 1.165) is 16.5 Å². The fraction of sp³-hybridized carbons (Fsp3) is 0.519. The van der Waals surface area contributed by atoms with Crippen molar-refractivity contribution in [3.8, 4) is 0 Å². The summed E-state index contributed by atoms with van der Waals surface area (Å²) >= 11 is 0. The van der Waals surface area contributed by atoms with Gasteiger partial charge in [-0.05, 0) is 49.7 Å². The summed E-state index contributed by atoms with van der Waals surface area (Å²) in [6.45, 7) is 3.94. The number of amides is 3. The van der Waals surface area contributed by atoms with Crippen LogP contribution >= 0.6 is 0 Å². The SMILES string of the molecule is CC(C)C(NC(=O)C1CCCN1C(=O)C(CCCN=C(N)N)NC(=O)C(N)Cc1c[nH]c2ccccc12)C(=O)O. The summed E-state index contributed by atoms with van der Waals surface area (Å²) in [5.74, 6) is -3.04. The first-order valence-electron chi connectivity index (χ1n) is 13.5. The smallest absolute Gasteiger partial charge is 0.326 e. The molecular weight excluding hydrogens is 516 g/mol. The number of aromatic amines is 1. The van der Waals surface area contributed by atoms with Crippen molar-refractivity contribution in [3.05, 3.63) is 36.0 Å². The minimum atomic E-state index is -1.15. The highest BCUT2D eigenvalue weighted by atomic mass is 16.4. The van der Waals surface area contributed by atoms with E-state index in [2.05, 4.69) is 20.6 Å². The van der Waals surface area contributed by atoms with E-state index in [-0.39, 0.29) is 31.3 Å². The van der Waals surface area contributed by atoms with Gasteiger partial charge < -0.3 is 42.8 Å². The van der Waals surface area contributed by atoms with Gasteiger partial charge in [-0.3, -0.25) is 19.4 Å². The first-order chi connectivity index (χ1) is 19.0. The van der Waals surface area contributed by atoms with E-state index in [1.54, 1.807) is 13.8 Å². The molecule has 2 aromatic rings. The Balaban J connectivity index is 1.73. The second kappa shape index (κ2) is 13.8. The van der Waals surface area contributed by atoms with Gasteiger partial charge in [0.15, 0.2) is 5.96 Å². The molecule has 4 unspecified atom stereocenters. The number of para-hydroxylation sites is 1. The number of aliphatic imine (C=N–C) groups is 1. The number of hydrogen-bond acceptors (Lipinski definition) is 6. The van der Waals surface area contributed by atoms with Crippen LogP contribution in [0.25, 0.3) is 10.9 Å². The van der Waals surface area contributed by atoms with Crippen molar-refractivity contribution in [2.45, 2.75) is 70.1 Å². The van der Waals surface area contributed by atoms with E-state index in [9.17, 15) is 24.3 Å². The third-order valence-electron chi connectivity index (χ3n) is 7.08. The molecule has 0 bridgehead atoms. The summed E-state index contributed by atoms with van der Waals surface area (Å²) in [5.41, 5.74) is 18.9. The monoisotopic (exact) mass is 556 g/mol. The Kier molecular flexibility index (Phi) is 10.5. The van der Waals surface area contributed by atoms with Crippen LogP contribution in [0, 0.1) is 5.92 Å². The molecule has 1 aromatic heterocycles. The van der Waals surface area contributed by atoms with Crippen LogP contribution in [0.3, 0.4) is 0 Å². The van der Waals surface area contributed by atoms with Crippen molar-refractivity contribution in [2.75, 3.05) is 13.1 Å². The van der Waals surface area contributed by atoms with Gasteiger partial charge in [0.25, 0.3) is 0 Å². The molecule has 0 aliphatic carbocycles. The number of carboxylic acid groups (broad SMARTS) is 1. The zero-order valence-corrected chi connectivity index (χ0v) is 22.9. The highest BCUT2D eigenvalue weighted by Gasteiger charge is 2.39. The molecule has 1 aliphatic rings. The van der Waals surface area contributed by atoms with Crippen molar-refractivity contribution in [1.29, 1.82) is 0 Å². The second-order valence-electron chi connectivity index (χ2n) is 10.4. The lowest BCUT2D eigenvalue weighted by molar-refractivity contribution is -0.145. The summed E-state index contributed by atoms with van der Waals surface area (Å²) in [6.07, 6.45) is 3.63. The molecule has 1 fully saturated rings. The Bertz CT molecular complexity index is 1240. The Hall–Kier alpha value is -4.13. The van der Waals surface area contributed by atoms with E-state index in [0.29, 0.717) is 25.8 Å². The molecule has 4 atom stereocenters. The van der Waals surface area contributed by atoms with Crippen molar-refractivity contribution in [3.63, 3.8) is 0 Å². The van der Waals surface area contributed by atoms with Gasteiger partial charge in [-0.15, -0.1) is 0 Å². The number of carbonyl (C=O) groups excluding carboxylic acids is 3. The molecule has 0 radical (unpaired) electrons. The van der Waals surface area contributed by atoms with Crippen LogP contribution in [-0.4, -0.2) is 81.9 Å². The molecule has 10 N–H and O–H groups in total. The fourth-order valence-corrected chi connectivity index (χ4v) is 4.94. The third kappa shape index (κ3) is 7.72. The predicted molar refractivity (Wildman–Crippen MR) is 151 cm³/mol. The van der Waals surface area contributed by atoms with Gasteiger partial charge >= 0.3 is 5.97 Å². The number of likely N-dealkylation sites (tertiary alicyclic amines) is 1. The third-order valence-corrected chi connectivity index (χ3v) is 7.08. The number of rotatable bonds is 13. The van der Waals surface area contributed by atoms with Crippen molar-refractivity contribution in [1.82, 2.24) is 20.5 Å². The van der Waals surface area contributed by atoms with E-state index < -0.39 is 47.9 Å². The van der Waals surface area contributed by atoms with Gasteiger partial charge in [-0.1, -0.05) is 32.0 Å². The van der Waals surface area contributed by atoms with E-state index in [1.165, 1.54) is 4.90 Å². The number of carbonyl (C=O) groups is 4. The number of benzene rings is 1. The van der Waals surface area contributed by atoms with Crippen LogP contribution in [-0.2, 0) is 25.6 Å². The number of guanidine groups is 1. The summed E-state index contributed by atoms with van der Waals surface area (Å²) in [7, 11) is 0. The topological polar surface area (TPSA) is 222 Å². The van der Waals surface area contributed by atoms with Crippen LogP contribution in [0.1, 0.15) is 45.1 Å². The van der Waals surface area contributed by atoms with E-state index in [4.69, 9.17) is 17.2 Å². The number of nitrogens with two attached hydrogens (primary N) is 3. The van der Waals surface area contributed by atoms with Gasteiger partial charge in [0.1, 0.15) is 18.1 Å². The van der Waals surface area contributed by atoms with E-state index >= 15 is 0 Å². The number of hydrogen-bond donors (Lipinski definition) is 7. The zero-order valence-electron chi connectivity index (χ0n) is 22.9. The van der Waals surface area contributed by atoms with Crippen molar-refractivity contribution in [2.24, 2.45) is 28.1 Å². The minimum Gasteiger partial charge on any atom is -0.480 e. The number of aromatic nitrogens is 1. The lowest BCUT2D eigenvalue weighted by Gasteiger charge is -2.30. The van der Waals surface area contributed by atoms with Crippen LogP contribution < -0.4 is 27.8 Å². The van der Waals surface area contributed by atoms with Gasteiger partial charge in [-0.25, -0.2) is 4.79 Å². The summed E-state index contributed by atoms with van der Waals surface area (Å²) in [5, 5.41) is 15.8. The van der Waals surface area contributed by atoms with Crippen LogP contribution in [0.2, 0.25) is 0 Å². The van der Waals surface area contributed by atoms with Crippen molar-refractivity contribution < 1.29 is 24.3 Å². The molecule has 1 aliphatic heterocycles. The Labute approximate surface area is 232 Å². The summed E-state index contributed by atoms with van der Waals surface area (Å²) in [6, 6.07) is 3.86. The number of H-pyrrole nitrogens is 1. The van der Waals surface area contributed by atoms with Gasteiger partial charge in [0, 0.05) is 30.2 Å². The van der Waals surface area contributed by atoms with Crippen LogP contribution in [0.15, 0.2) is 35.5 Å². The van der Waals surface area contributed by atoms with Crippen molar-refractivity contribution >= 4 is 40.6 Å². The van der Waals surface area contributed by atoms with Gasteiger partial charge in [0.05, 0.1) is 6.04 Å². The molecule has 0 saturated carbocycles. The van der Waals surface area contributed by atoms with Gasteiger partial charge in [0.2, 0.25) is 17.7 Å².